The van der Waals surface area contributed by atoms with Crippen LogP contribution in [0.4, 0.5) is 11.9 Å². The van der Waals surface area contributed by atoms with Gasteiger partial charge in [-0.1, -0.05) is 19.8 Å². The highest BCUT2D eigenvalue weighted by Gasteiger charge is 2.29. The van der Waals surface area contributed by atoms with E-state index in [0.717, 1.165) is 12.2 Å². The molecule has 1 fully saturated rings. The Kier molecular flexibility index (Phi) is 2.46. The lowest BCUT2D eigenvalue weighted by molar-refractivity contribution is 0.327. The van der Waals surface area contributed by atoms with Gasteiger partial charge in [0.25, 0.3) is 0 Å². The maximum Gasteiger partial charge on any atom is 0.225 e. The van der Waals surface area contributed by atoms with Gasteiger partial charge in [0.05, 0.1) is 0 Å². The molecular formula is C10H17N5. The lowest BCUT2D eigenvalue weighted by atomic mass is 9.85. The second-order valence-electron chi connectivity index (χ2n) is 4.66. The summed E-state index contributed by atoms with van der Waals surface area (Å²) in [5, 5.41) is 0. The van der Waals surface area contributed by atoms with Gasteiger partial charge in [0.2, 0.25) is 11.9 Å². The van der Waals surface area contributed by atoms with Crippen molar-refractivity contribution in [2.45, 2.75) is 39.0 Å². The van der Waals surface area contributed by atoms with E-state index in [4.69, 9.17) is 11.5 Å². The Morgan fingerprint density at radius 3 is 2.13 bits per heavy atom. The van der Waals surface area contributed by atoms with Crippen molar-refractivity contribution in [3.8, 4) is 0 Å². The standard InChI is InChI=1S/C10H17N5/c1-10(4-2-3-5-10)6-7-13-8(11)15-9(12)14-7/h2-6H2,1H3,(H4,11,12,13,14,15). The van der Waals surface area contributed by atoms with Crippen molar-refractivity contribution in [1.29, 1.82) is 0 Å². The van der Waals surface area contributed by atoms with Crippen LogP contribution >= 0.6 is 0 Å². The van der Waals surface area contributed by atoms with Crippen LogP contribution in [-0.2, 0) is 6.42 Å². The van der Waals surface area contributed by atoms with Gasteiger partial charge in [-0.3, -0.25) is 0 Å². The van der Waals surface area contributed by atoms with Crippen molar-refractivity contribution in [3.63, 3.8) is 0 Å². The predicted molar refractivity (Wildman–Crippen MR) is 58.9 cm³/mol. The molecule has 0 radical (unpaired) electrons. The summed E-state index contributed by atoms with van der Waals surface area (Å²) in [4.78, 5) is 12.0. The summed E-state index contributed by atoms with van der Waals surface area (Å²) < 4.78 is 0. The van der Waals surface area contributed by atoms with Gasteiger partial charge in [-0.15, -0.1) is 0 Å². The number of aromatic nitrogens is 3. The average molecular weight is 207 g/mol. The molecule has 0 bridgehead atoms. The van der Waals surface area contributed by atoms with Gasteiger partial charge < -0.3 is 11.5 Å². The Balaban J connectivity index is 2.16. The molecule has 5 heteroatoms. The minimum atomic E-state index is 0.221. The molecule has 82 valence electrons. The second kappa shape index (κ2) is 3.64. The number of nitrogen functional groups attached to an aromatic ring is 2. The number of hydrogen-bond donors (Lipinski definition) is 2. The SMILES string of the molecule is CC1(Cc2nc(N)nc(N)n2)CCCC1. The molecule has 0 saturated heterocycles. The van der Waals surface area contributed by atoms with Crippen molar-refractivity contribution in [1.82, 2.24) is 15.0 Å². The Labute approximate surface area is 89.3 Å². The average Bonchev–Trinajstić information content (AvgIpc) is 2.49. The Morgan fingerprint density at radius 2 is 1.60 bits per heavy atom. The van der Waals surface area contributed by atoms with E-state index >= 15 is 0 Å². The van der Waals surface area contributed by atoms with Crippen LogP contribution in [-0.4, -0.2) is 15.0 Å². The first-order valence-electron chi connectivity index (χ1n) is 5.33. The zero-order chi connectivity index (χ0) is 10.9. The Hall–Kier alpha value is -1.39. The topological polar surface area (TPSA) is 90.7 Å². The number of anilines is 2. The highest BCUT2D eigenvalue weighted by Crippen LogP contribution is 2.39. The van der Waals surface area contributed by atoms with E-state index in [9.17, 15) is 0 Å². The third-order valence-corrected chi connectivity index (χ3v) is 3.11. The number of nitrogens with two attached hydrogens (primary N) is 2. The van der Waals surface area contributed by atoms with E-state index < -0.39 is 0 Å². The monoisotopic (exact) mass is 207 g/mol. The van der Waals surface area contributed by atoms with Crippen LogP contribution in [0.2, 0.25) is 0 Å². The summed E-state index contributed by atoms with van der Waals surface area (Å²) in [6.07, 6.45) is 5.92. The van der Waals surface area contributed by atoms with Gasteiger partial charge in [0.1, 0.15) is 5.82 Å². The maximum atomic E-state index is 5.53. The first kappa shape index (κ1) is 10.1. The molecule has 1 aromatic heterocycles. The summed E-state index contributed by atoms with van der Waals surface area (Å²) in [6, 6.07) is 0. The van der Waals surface area contributed by atoms with Crippen LogP contribution in [0.1, 0.15) is 38.4 Å². The molecule has 0 aliphatic heterocycles. The van der Waals surface area contributed by atoms with Crippen LogP contribution in [0.5, 0.6) is 0 Å². The molecule has 1 aliphatic carbocycles. The molecule has 1 saturated carbocycles. The molecule has 0 amide bonds. The second-order valence-corrected chi connectivity index (χ2v) is 4.66. The molecule has 2 rings (SSSR count). The van der Waals surface area contributed by atoms with E-state index in [0.29, 0.717) is 5.41 Å². The summed E-state index contributed by atoms with van der Waals surface area (Å²) in [5.41, 5.74) is 11.4. The maximum absolute atomic E-state index is 5.53. The Bertz CT molecular complexity index is 337. The normalized spacial score (nSPS) is 19.3. The fraction of sp³-hybridized carbons (Fsp3) is 0.700. The van der Waals surface area contributed by atoms with E-state index in [1.165, 1.54) is 25.7 Å². The third kappa shape index (κ3) is 2.34. The highest BCUT2D eigenvalue weighted by molar-refractivity contribution is 5.26. The first-order valence-corrected chi connectivity index (χ1v) is 5.33. The first-order chi connectivity index (χ1) is 7.07. The summed E-state index contributed by atoms with van der Waals surface area (Å²) in [6.45, 7) is 2.27. The number of rotatable bonds is 2. The molecule has 15 heavy (non-hydrogen) atoms. The minimum absolute atomic E-state index is 0.221. The van der Waals surface area contributed by atoms with Crippen molar-refractivity contribution in [2.24, 2.45) is 5.41 Å². The fourth-order valence-electron chi connectivity index (χ4n) is 2.32. The van der Waals surface area contributed by atoms with E-state index in [1.807, 2.05) is 0 Å². The Morgan fingerprint density at radius 1 is 1.07 bits per heavy atom. The van der Waals surface area contributed by atoms with Crippen molar-refractivity contribution >= 4 is 11.9 Å². The third-order valence-electron chi connectivity index (χ3n) is 3.11. The molecule has 1 heterocycles. The van der Waals surface area contributed by atoms with Gasteiger partial charge in [-0.05, 0) is 18.3 Å². The number of hydrogen-bond acceptors (Lipinski definition) is 5. The number of nitrogens with zero attached hydrogens (tertiary/aromatic N) is 3. The lowest BCUT2D eigenvalue weighted by Crippen LogP contribution is -2.18. The van der Waals surface area contributed by atoms with Crippen molar-refractivity contribution in [3.05, 3.63) is 5.82 Å². The summed E-state index contributed by atoms with van der Waals surface area (Å²) in [7, 11) is 0. The van der Waals surface area contributed by atoms with Gasteiger partial charge in [-0.2, -0.15) is 15.0 Å². The molecule has 1 aromatic rings. The van der Waals surface area contributed by atoms with E-state index in [-0.39, 0.29) is 11.9 Å². The van der Waals surface area contributed by atoms with Crippen molar-refractivity contribution < 1.29 is 0 Å². The highest BCUT2D eigenvalue weighted by atomic mass is 15.1. The van der Waals surface area contributed by atoms with Crippen LogP contribution in [0.15, 0.2) is 0 Å². The predicted octanol–water partition coefficient (Wildman–Crippen LogP) is 1.16. The van der Waals surface area contributed by atoms with Gasteiger partial charge in [0, 0.05) is 6.42 Å². The van der Waals surface area contributed by atoms with Crippen LogP contribution in [0, 0.1) is 5.41 Å². The van der Waals surface area contributed by atoms with Gasteiger partial charge in [-0.25, -0.2) is 0 Å². The molecule has 5 nitrogen and oxygen atoms in total. The van der Waals surface area contributed by atoms with Gasteiger partial charge >= 0.3 is 0 Å². The molecule has 0 aromatic carbocycles. The van der Waals surface area contributed by atoms with Crippen LogP contribution in [0.25, 0.3) is 0 Å². The van der Waals surface area contributed by atoms with Crippen LogP contribution in [0.3, 0.4) is 0 Å². The summed E-state index contributed by atoms with van der Waals surface area (Å²) >= 11 is 0. The van der Waals surface area contributed by atoms with Crippen LogP contribution < -0.4 is 11.5 Å². The molecule has 0 spiro atoms. The quantitative estimate of drug-likeness (QED) is 0.759. The zero-order valence-electron chi connectivity index (χ0n) is 9.03. The summed E-state index contributed by atoms with van der Waals surface area (Å²) in [5.74, 6) is 1.17. The van der Waals surface area contributed by atoms with E-state index in [1.54, 1.807) is 0 Å². The molecule has 1 aliphatic rings. The largest absolute Gasteiger partial charge is 0.368 e. The molecule has 0 atom stereocenters. The molecule has 4 N–H and O–H groups in total. The van der Waals surface area contributed by atoms with Gasteiger partial charge in [0.15, 0.2) is 0 Å². The molecular weight excluding hydrogens is 190 g/mol. The fourth-order valence-corrected chi connectivity index (χ4v) is 2.32. The zero-order valence-corrected chi connectivity index (χ0v) is 9.03. The molecule has 0 unspecified atom stereocenters. The smallest absolute Gasteiger partial charge is 0.225 e. The minimum Gasteiger partial charge on any atom is -0.368 e. The van der Waals surface area contributed by atoms with Crippen molar-refractivity contribution in [2.75, 3.05) is 11.5 Å². The van der Waals surface area contributed by atoms with E-state index in [2.05, 4.69) is 21.9 Å². The lowest BCUT2D eigenvalue weighted by Gasteiger charge is -2.22.